The van der Waals surface area contributed by atoms with Crippen LogP contribution in [0.15, 0.2) is 54.6 Å². The lowest BCUT2D eigenvalue weighted by Gasteiger charge is -2.40. The number of carbonyl (C=O) groups excluding carboxylic acids is 1. The largest absolute Gasteiger partial charge is 0.481 e. The van der Waals surface area contributed by atoms with Crippen LogP contribution in [0, 0.1) is 0 Å². The van der Waals surface area contributed by atoms with E-state index in [0.717, 1.165) is 5.56 Å². The van der Waals surface area contributed by atoms with Gasteiger partial charge in [0.1, 0.15) is 5.92 Å². The van der Waals surface area contributed by atoms with Crippen molar-refractivity contribution in [2.45, 2.75) is 18.9 Å². The number of carboxylic acids is 1. The Balaban J connectivity index is 2.22. The lowest BCUT2D eigenvalue weighted by molar-refractivity contribution is -0.140. The van der Waals surface area contributed by atoms with Gasteiger partial charge in [-0.3, -0.25) is 9.59 Å². The quantitative estimate of drug-likeness (QED) is 0.946. The SMILES string of the molecule is CCN1C(=O)c2ccccc2[C@H](C(=O)O)[C@@H]1c1ccccc1. The van der Waals surface area contributed by atoms with E-state index < -0.39 is 17.9 Å². The van der Waals surface area contributed by atoms with Crippen molar-refractivity contribution in [2.24, 2.45) is 0 Å². The Morgan fingerprint density at radius 1 is 1.09 bits per heavy atom. The second-order valence-corrected chi connectivity index (χ2v) is 5.35. The number of hydrogen-bond acceptors (Lipinski definition) is 2. The Labute approximate surface area is 129 Å². The highest BCUT2D eigenvalue weighted by molar-refractivity contribution is 6.00. The van der Waals surface area contributed by atoms with Crippen LogP contribution >= 0.6 is 0 Å². The molecule has 1 amide bonds. The lowest BCUT2D eigenvalue weighted by atomic mass is 9.80. The van der Waals surface area contributed by atoms with Gasteiger partial charge in [-0.1, -0.05) is 48.5 Å². The monoisotopic (exact) mass is 295 g/mol. The normalized spacial score (nSPS) is 20.6. The second kappa shape index (κ2) is 5.64. The fraction of sp³-hybridized carbons (Fsp3) is 0.222. The number of rotatable bonds is 3. The third kappa shape index (κ3) is 2.17. The number of carbonyl (C=O) groups is 2. The molecule has 0 saturated carbocycles. The Bertz CT molecular complexity index is 711. The maximum absolute atomic E-state index is 12.7. The summed E-state index contributed by atoms with van der Waals surface area (Å²) in [5, 5.41) is 9.78. The predicted molar refractivity (Wildman–Crippen MR) is 82.7 cm³/mol. The summed E-state index contributed by atoms with van der Waals surface area (Å²) in [4.78, 5) is 26.3. The molecule has 1 heterocycles. The number of hydrogen-bond donors (Lipinski definition) is 1. The van der Waals surface area contributed by atoms with Crippen LogP contribution in [0.25, 0.3) is 0 Å². The minimum Gasteiger partial charge on any atom is -0.481 e. The molecule has 0 spiro atoms. The Morgan fingerprint density at radius 3 is 2.36 bits per heavy atom. The molecular formula is C18H17NO3. The predicted octanol–water partition coefficient (Wildman–Crippen LogP) is 3.07. The summed E-state index contributed by atoms with van der Waals surface area (Å²) in [5.74, 6) is -1.77. The average molecular weight is 295 g/mol. The molecule has 1 aliphatic heterocycles. The molecule has 112 valence electrons. The molecule has 0 aliphatic carbocycles. The van der Waals surface area contributed by atoms with Crippen molar-refractivity contribution < 1.29 is 14.7 Å². The lowest BCUT2D eigenvalue weighted by Crippen LogP contribution is -2.44. The second-order valence-electron chi connectivity index (χ2n) is 5.35. The molecule has 0 radical (unpaired) electrons. The van der Waals surface area contributed by atoms with Crippen molar-refractivity contribution in [2.75, 3.05) is 6.54 Å². The molecule has 0 saturated heterocycles. The zero-order valence-corrected chi connectivity index (χ0v) is 12.3. The summed E-state index contributed by atoms with van der Waals surface area (Å²) in [6.07, 6.45) is 0. The summed E-state index contributed by atoms with van der Waals surface area (Å²) in [7, 11) is 0. The topological polar surface area (TPSA) is 57.6 Å². The maximum Gasteiger partial charge on any atom is 0.313 e. The number of benzene rings is 2. The molecule has 2 atom stereocenters. The third-order valence-corrected chi connectivity index (χ3v) is 4.19. The number of amides is 1. The van der Waals surface area contributed by atoms with E-state index in [1.54, 1.807) is 29.2 Å². The van der Waals surface area contributed by atoms with Gasteiger partial charge in [-0.25, -0.2) is 0 Å². The van der Waals surface area contributed by atoms with Crippen LogP contribution < -0.4 is 0 Å². The smallest absolute Gasteiger partial charge is 0.313 e. The van der Waals surface area contributed by atoms with E-state index in [9.17, 15) is 14.7 Å². The number of nitrogens with zero attached hydrogens (tertiary/aromatic N) is 1. The van der Waals surface area contributed by atoms with E-state index in [0.29, 0.717) is 17.7 Å². The molecule has 2 aromatic carbocycles. The van der Waals surface area contributed by atoms with Crippen LogP contribution in [0.1, 0.15) is 40.4 Å². The van der Waals surface area contributed by atoms with Gasteiger partial charge >= 0.3 is 5.97 Å². The highest BCUT2D eigenvalue weighted by atomic mass is 16.4. The zero-order valence-electron chi connectivity index (χ0n) is 12.3. The van der Waals surface area contributed by atoms with Crippen molar-refractivity contribution in [3.63, 3.8) is 0 Å². The molecule has 2 aromatic rings. The first-order valence-electron chi connectivity index (χ1n) is 7.32. The van der Waals surface area contributed by atoms with Crippen molar-refractivity contribution in [1.82, 2.24) is 4.90 Å². The summed E-state index contributed by atoms with van der Waals surface area (Å²) in [5.41, 5.74) is 1.93. The van der Waals surface area contributed by atoms with Gasteiger partial charge in [0, 0.05) is 12.1 Å². The van der Waals surface area contributed by atoms with E-state index in [4.69, 9.17) is 0 Å². The van der Waals surface area contributed by atoms with Crippen LogP contribution in [-0.2, 0) is 4.79 Å². The summed E-state index contributed by atoms with van der Waals surface area (Å²) < 4.78 is 0. The summed E-state index contributed by atoms with van der Waals surface area (Å²) in [6, 6.07) is 15.9. The molecule has 1 N–H and O–H groups in total. The Morgan fingerprint density at radius 2 is 1.73 bits per heavy atom. The molecule has 0 fully saturated rings. The van der Waals surface area contributed by atoms with Gasteiger partial charge in [-0.15, -0.1) is 0 Å². The number of aliphatic carboxylic acids is 1. The van der Waals surface area contributed by atoms with Crippen LogP contribution in [0.3, 0.4) is 0 Å². The minimum absolute atomic E-state index is 0.107. The molecule has 0 unspecified atom stereocenters. The van der Waals surface area contributed by atoms with Gasteiger partial charge < -0.3 is 10.0 Å². The molecular weight excluding hydrogens is 278 g/mol. The first kappa shape index (κ1) is 14.3. The van der Waals surface area contributed by atoms with Crippen molar-refractivity contribution in [1.29, 1.82) is 0 Å². The highest BCUT2D eigenvalue weighted by Crippen LogP contribution is 2.42. The van der Waals surface area contributed by atoms with Crippen LogP contribution in [0.2, 0.25) is 0 Å². The van der Waals surface area contributed by atoms with Crippen LogP contribution in [-0.4, -0.2) is 28.4 Å². The molecule has 0 bridgehead atoms. The van der Waals surface area contributed by atoms with Crippen molar-refractivity contribution in [3.05, 3.63) is 71.3 Å². The maximum atomic E-state index is 12.7. The highest BCUT2D eigenvalue weighted by Gasteiger charge is 2.43. The zero-order chi connectivity index (χ0) is 15.7. The molecule has 22 heavy (non-hydrogen) atoms. The van der Waals surface area contributed by atoms with Gasteiger partial charge in [-0.05, 0) is 24.1 Å². The molecule has 3 rings (SSSR count). The van der Waals surface area contributed by atoms with Crippen LogP contribution in [0.5, 0.6) is 0 Å². The number of likely N-dealkylation sites (N-methyl/N-ethyl adjacent to an activating group) is 1. The third-order valence-electron chi connectivity index (χ3n) is 4.19. The summed E-state index contributed by atoms with van der Waals surface area (Å²) in [6.45, 7) is 2.34. The molecule has 4 nitrogen and oxygen atoms in total. The first-order chi connectivity index (χ1) is 10.6. The summed E-state index contributed by atoms with van der Waals surface area (Å²) >= 11 is 0. The first-order valence-corrected chi connectivity index (χ1v) is 7.32. The van der Waals surface area contributed by atoms with Gasteiger partial charge in [0.15, 0.2) is 0 Å². The fourth-order valence-electron chi connectivity index (χ4n) is 3.23. The van der Waals surface area contributed by atoms with Crippen molar-refractivity contribution in [3.8, 4) is 0 Å². The number of fused-ring (bicyclic) bond motifs is 1. The van der Waals surface area contributed by atoms with E-state index in [-0.39, 0.29) is 5.91 Å². The molecule has 0 aromatic heterocycles. The number of carboxylic acid groups (broad SMARTS) is 1. The molecule has 4 heteroatoms. The van der Waals surface area contributed by atoms with Gasteiger partial charge in [0.25, 0.3) is 5.91 Å². The van der Waals surface area contributed by atoms with Crippen LogP contribution in [0.4, 0.5) is 0 Å². The fourth-order valence-corrected chi connectivity index (χ4v) is 3.23. The standard InChI is InChI=1S/C18H17NO3/c1-2-19-16(12-8-4-3-5-9-12)15(18(21)22)13-10-6-7-11-14(13)17(19)20/h3-11,15-16H,2H2,1H3,(H,21,22)/t15-,16-/m0/s1. The van der Waals surface area contributed by atoms with Gasteiger partial charge in [-0.2, -0.15) is 0 Å². The van der Waals surface area contributed by atoms with E-state index in [2.05, 4.69) is 0 Å². The molecule has 1 aliphatic rings. The van der Waals surface area contributed by atoms with Crippen molar-refractivity contribution >= 4 is 11.9 Å². The van der Waals surface area contributed by atoms with E-state index >= 15 is 0 Å². The average Bonchev–Trinajstić information content (AvgIpc) is 2.55. The van der Waals surface area contributed by atoms with E-state index in [1.165, 1.54) is 0 Å². The Hall–Kier alpha value is -2.62. The minimum atomic E-state index is -0.910. The van der Waals surface area contributed by atoms with Gasteiger partial charge in [0.2, 0.25) is 0 Å². The van der Waals surface area contributed by atoms with E-state index in [1.807, 2.05) is 37.3 Å². The van der Waals surface area contributed by atoms with Gasteiger partial charge in [0.05, 0.1) is 6.04 Å². The Kier molecular flexibility index (Phi) is 3.67.